The quantitative estimate of drug-likeness (QED) is 0.206. The Bertz CT molecular complexity index is 1530. The molecule has 1 heterocycles. The highest BCUT2D eigenvalue weighted by Crippen LogP contribution is 2.32. The Labute approximate surface area is 202 Å². The van der Waals surface area contributed by atoms with E-state index >= 15 is 0 Å². The summed E-state index contributed by atoms with van der Waals surface area (Å²) in [6.45, 7) is 0.0378. The molecule has 0 bridgehead atoms. The third-order valence-corrected chi connectivity index (χ3v) is 5.94. The monoisotopic (exact) mass is 572 g/mol. The topological polar surface area (TPSA) is 120 Å². The van der Waals surface area contributed by atoms with E-state index in [-0.39, 0.29) is 29.0 Å². The zero-order chi connectivity index (χ0) is 23.5. The molecule has 0 radical (unpaired) electrons. The number of aromatic amines is 1. The third kappa shape index (κ3) is 4.78. The number of halogens is 2. The van der Waals surface area contributed by atoms with Crippen LogP contribution in [0.5, 0.6) is 5.75 Å². The number of aromatic nitrogens is 2. The summed E-state index contributed by atoms with van der Waals surface area (Å²) in [6, 6.07) is 16.3. The molecule has 0 unspecified atom stereocenters. The highest BCUT2D eigenvalue weighted by Gasteiger charge is 2.19. The summed E-state index contributed by atoms with van der Waals surface area (Å²) < 4.78 is 8.09. The summed E-state index contributed by atoms with van der Waals surface area (Å²) in [5.74, 6) is -0.0358. The van der Waals surface area contributed by atoms with Crippen molar-refractivity contribution in [2.45, 2.75) is 6.61 Å². The molecule has 0 spiro atoms. The van der Waals surface area contributed by atoms with Gasteiger partial charge in [-0.2, -0.15) is 5.10 Å². The molecule has 33 heavy (non-hydrogen) atoms. The molecule has 0 saturated carbocycles. The SMILES string of the molecule is O=c1[nH]c2ccccc2c(=O)n1N=Cc1cccc([N+](=O)[O-])c1OCc1ccc(Br)cc1Br. The van der Waals surface area contributed by atoms with Crippen LogP contribution in [0, 0.1) is 10.1 Å². The van der Waals surface area contributed by atoms with Gasteiger partial charge in [-0.05, 0) is 30.3 Å². The number of fused-ring (bicyclic) bond motifs is 1. The molecule has 1 N–H and O–H groups in total. The fourth-order valence-electron chi connectivity index (χ4n) is 3.11. The van der Waals surface area contributed by atoms with E-state index in [4.69, 9.17) is 4.74 Å². The van der Waals surface area contributed by atoms with Gasteiger partial charge in [-0.3, -0.25) is 14.9 Å². The fraction of sp³-hybridized carbons (Fsp3) is 0.0455. The predicted molar refractivity (Wildman–Crippen MR) is 131 cm³/mol. The van der Waals surface area contributed by atoms with Gasteiger partial charge < -0.3 is 9.72 Å². The molecule has 166 valence electrons. The van der Waals surface area contributed by atoms with Crippen molar-refractivity contribution in [2.24, 2.45) is 5.10 Å². The Morgan fingerprint density at radius 2 is 1.88 bits per heavy atom. The number of ether oxygens (including phenoxy) is 1. The average Bonchev–Trinajstić information content (AvgIpc) is 2.78. The highest BCUT2D eigenvalue weighted by atomic mass is 79.9. The lowest BCUT2D eigenvalue weighted by molar-refractivity contribution is -0.385. The lowest BCUT2D eigenvalue weighted by Crippen LogP contribution is -2.32. The van der Waals surface area contributed by atoms with E-state index in [1.165, 1.54) is 18.3 Å². The van der Waals surface area contributed by atoms with Crippen molar-refractivity contribution in [1.29, 1.82) is 0 Å². The molecule has 0 aliphatic carbocycles. The lowest BCUT2D eigenvalue weighted by Gasteiger charge is -2.11. The molecule has 4 rings (SSSR count). The van der Waals surface area contributed by atoms with Crippen LogP contribution in [0.1, 0.15) is 11.1 Å². The summed E-state index contributed by atoms with van der Waals surface area (Å²) in [5, 5.41) is 15.9. The molecule has 11 heteroatoms. The van der Waals surface area contributed by atoms with E-state index in [0.29, 0.717) is 10.2 Å². The van der Waals surface area contributed by atoms with Gasteiger partial charge in [-0.1, -0.05) is 56.1 Å². The summed E-state index contributed by atoms with van der Waals surface area (Å²) in [6.07, 6.45) is 1.18. The fourth-order valence-corrected chi connectivity index (χ4v) is 4.27. The Balaban J connectivity index is 1.74. The molecule has 0 saturated heterocycles. The molecular formula is C22H14Br2N4O5. The van der Waals surface area contributed by atoms with Crippen molar-refractivity contribution in [2.75, 3.05) is 0 Å². The van der Waals surface area contributed by atoms with Crippen LogP contribution in [-0.4, -0.2) is 20.8 Å². The molecule has 9 nitrogen and oxygen atoms in total. The van der Waals surface area contributed by atoms with Gasteiger partial charge in [0.05, 0.1) is 22.0 Å². The second-order valence-electron chi connectivity index (χ2n) is 6.81. The molecule has 4 aromatic rings. The first-order valence-corrected chi connectivity index (χ1v) is 11.1. The van der Waals surface area contributed by atoms with Crippen LogP contribution in [-0.2, 0) is 6.61 Å². The number of nitro groups is 1. The van der Waals surface area contributed by atoms with Crippen LogP contribution < -0.4 is 16.0 Å². The van der Waals surface area contributed by atoms with Crippen LogP contribution in [0.15, 0.2) is 84.3 Å². The maximum atomic E-state index is 12.7. The van der Waals surface area contributed by atoms with Gasteiger partial charge in [0, 0.05) is 26.1 Å². The molecule has 0 amide bonds. The number of hydrogen-bond donors (Lipinski definition) is 1. The van der Waals surface area contributed by atoms with Gasteiger partial charge >= 0.3 is 11.4 Å². The third-order valence-electron chi connectivity index (χ3n) is 4.70. The normalized spacial score (nSPS) is 11.2. The molecular weight excluding hydrogens is 560 g/mol. The van der Waals surface area contributed by atoms with Crippen LogP contribution in [0.25, 0.3) is 10.9 Å². The van der Waals surface area contributed by atoms with Crippen molar-refractivity contribution in [1.82, 2.24) is 9.66 Å². The minimum absolute atomic E-state index is 0.0358. The van der Waals surface area contributed by atoms with Crippen LogP contribution >= 0.6 is 31.9 Å². The van der Waals surface area contributed by atoms with E-state index in [1.807, 2.05) is 18.2 Å². The number of rotatable bonds is 6. The second kappa shape index (κ2) is 9.51. The van der Waals surface area contributed by atoms with E-state index in [2.05, 4.69) is 41.9 Å². The molecule has 1 aromatic heterocycles. The van der Waals surface area contributed by atoms with E-state index in [9.17, 15) is 19.7 Å². The Morgan fingerprint density at radius 3 is 2.64 bits per heavy atom. The average molecular weight is 574 g/mol. The van der Waals surface area contributed by atoms with Crippen LogP contribution in [0.4, 0.5) is 5.69 Å². The maximum Gasteiger partial charge on any atom is 0.349 e. The van der Waals surface area contributed by atoms with Crippen LogP contribution in [0.2, 0.25) is 0 Å². The van der Waals surface area contributed by atoms with E-state index in [0.717, 1.165) is 14.5 Å². The van der Waals surface area contributed by atoms with E-state index in [1.54, 1.807) is 30.3 Å². The highest BCUT2D eigenvalue weighted by molar-refractivity contribution is 9.11. The van der Waals surface area contributed by atoms with Gasteiger partial charge in [0.2, 0.25) is 5.75 Å². The molecule has 0 atom stereocenters. The first-order chi connectivity index (χ1) is 15.8. The number of hydrogen-bond acceptors (Lipinski definition) is 6. The largest absolute Gasteiger partial charge is 0.481 e. The molecule has 0 aliphatic rings. The zero-order valence-corrected chi connectivity index (χ0v) is 19.9. The predicted octanol–water partition coefficient (Wildman–Crippen LogP) is 4.58. The lowest BCUT2D eigenvalue weighted by atomic mass is 10.2. The molecule has 0 aliphatic heterocycles. The Hall–Kier alpha value is -3.57. The van der Waals surface area contributed by atoms with Crippen molar-refractivity contribution in [3.05, 3.63) is 112 Å². The number of nitro benzene ring substituents is 1. The van der Waals surface area contributed by atoms with Crippen molar-refractivity contribution in [3.8, 4) is 5.75 Å². The number of para-hydroxylation sites is 2. The summed E-state index contributed by atoms with van der Waals surface area (Å²) in [7, 11) is 0. The molecule has 3 aromatic carbocycles. The van der Waals surface area contributed by atoms with Crippen molar-refractivity contribution in [3.63, 3.8) is 0 Å². The Kier molecular flexibility index (Phi) is 6.52. The number of H-pyrrole nitrogens is 1. The van der Waals surface area contributed by atoms with Gasteiger partial charge in [0.15, 0.2) is 0 Å². The summed E-state index contributed by atoms with van der Waals surface area (Å²) in [5.41, 5.74) is -0.234. The zero-order valence-electron chi connectivity index (χ0n) is 16.7. The van der Waals surface area contributed by atoms with Crippen molar-refractivity contribution < 1.29 is 9.66 Å². The maximum absolute atomic E-state index is 12.7. The Morgan fingerprint density at radius 1 is 1.09 bits per heavy atom. The summed E-state index contributed by atoms with van der Waals surface area (Å²) >= 11 is 6.81. The van der Waals surface area contributed by atoms with Gasteiger partial charge in [-0.25, -0.2) is 4.79 Å². The van der Waals surface area contributed by atoms with E-state index < -0.39 is 16.2 Å². The number of benzene rings is 3. The minimum Gasteiger partial charge on any atom is -0.481 e. The van der Waals surface area contributed by atoms with Gasteiger partial charge in [0.1, 0.15) is 6.61 Å². The van der Waals surface area contributed by atoms with Crippen LogP contribution in [0.3, 0.4) is 0 Å². The number of nitrogens with one attached hydrogen (secondary N) is 1. The second-order valence-corrected chi connectivity index (χ2v) is 8.58. The first kappa shape index (κ1) is 22.6. The van der Waals surface area contributed by atoms with Crippen molar-refractivity contribution >= 4 is 54.7 Å². The number of nitrogens with zero attached hydrogens (tertiary/aromatic N) is 3. The first-order valence-electron chi connectivity index (χ1n) is 9.47. The standard InChI is InChI=1S/C22H14Br2N4O5/c23-15-9-8-14(17(24)10-15)12-33-20-13(4-3-7-19(20)28(31)32)11-25-27-21(29)16-5-1-2-6-18(16)26-22(27)30/h1-11H,12H2,(H,26,30). The minimum atomic E-state index is -0.735. The van der Waals surface area contributed by atoms with Gasteiger partial charge in [0.25, 0.3) is 5.56 Å². The van der Waals surface area contributed by atoms with Gasteiger partial charge in [-0.15, -0.1) is 4.68 Å². The smallest absolute Gasteiger partial charge is 0.349 e. The molecule has 0 fully saturated rings. The summed E-state index contributed by atoms with van der Waals surface area (Å²) in [4.78, 5) is 38.6.